The molecular formula is C14H9NO2. The number of aromatic nitrogens is 1. The lowest BCUT2D eigenvalue weighted by molar-refractivity contribution is 0.0996. The zero-order chi connectivity index (χ0) is 11.4. The summed E-state index contributed by atoms with van der Waals surface area (Å²) in [4.78, 5) is 12.0. The van der Waals surface area contributed by atoms with E-state index in [1.165, 1.54) is 0 Å². The SMILES string of the molecule is O=C1CC=Cc2c1c1cccc3c1n2C=CO3. The number of hydrogen-bond donors (Lipinski definition) is 0. The van der Waals surface area contributed by atoms with Crippen molar-refractivity contribution in [3.05, 3.63) is 41.8 Å². The van der Waals surface area contributed by atoms with E-state index in [4.69, 9.17) is 4.74 Å². The third-order valence-corrected chi connectivity index (χ3v) is 3.29. The van der Waals surface area contributed by atoms with Crippen LogP contribution in [0.1, 0.15) is 22.5 Å². The highest BCUT2D eigenvalue weighted by Gasteiger charge is 2.25. The first-order valence-corrected chi connectivity index (χ1v) is 5.56. The molecule has 1 aromatic carbocycles. The lowest BCUT2D eigenvalue weighted by atomic mass is 9.99. The second kappa shape index (κ2) is 2.88. The van der Waals surface area contributed by atoms with Crippen LogP contribution < -0.4 is 4.74 Å². The van der Waals surface area contributed by atoms with Crippen molar-refractivity contribution in [2.45, 2.75) is 6.42 Å². The molecule has 3 nitrogen and oxygen atoms in total. The summed E-state index contributed by atoms with van der Waals surface area (Å²) >= 11 is 0. The molecule has 0 spiro atoms. The van der Waals surface area contributed by atoms with Gasteiger partial charge in [0.1, 0.15) is 6.26 Å². The van der Waals surface area contributed by atoms with E-state index in [2.05, 4.69) is 0 Å². The Morgan fingerprint density at radius 1 is 1.29 bits per heavy atom. The number of carbonyl (C=O) groups excluding carboxylic acids is 1. The highest BCUT2D eigenvalue weighted by molar-refractivity contribution is 6.15. The van der Waals surface area contributed by atoms with Crippen LogP contribution in [0.2, 0.25) is 0 Å². The lowest BCUT2D eigenvalue weighted by Crippen LogP contribution is -2.04. The topological polar surface area (TPSA) is 31.2 Å². The number of hydrogen-bond acceptors (Lipinski definition) is 2. The monoisotopic (exact) mass is 223 g/mol. The van der Waals surface area contributed by atoms with E-state index in [9.17, 15) is 4.79 Å². The van der Waals surface area contributed by atoms with Crippen molar-refractivity contribution in [2.75, 3.05) is 0 Å². The molecule has 0 bridgehead atoms. The number of carbonyl (C=O) groups is 1. The molecule has 1 aromatic heterocycles. The van der Waals surface area contributed by atoms with Gasteiger partial charge in [0.25, 0.3) is 0 Å². The summed E-state index contributed by atoms with van der Waals surface area (Å²) in [5, 5.41) is 0.983. The molecule has 1 aliphatic heterocycles. The minimum Gasteiger partial charge on any atom is -0.461 e. The number of benzene rings is 1. The zero-order valence-corrected chi connectivity index (χ0v) is 9.01. The molecule has 0 radical (unpaired) electrons. The van der Waals surface area contributed by atoms with E-state index >= 15 is 0 Å². The number of para-hydroxylation sites is 1. The van der Waals surface area contributed by atoms with Crippen LogP contribution in [0.3, 0.4) is 0 Å². The molecule has 2 heterocycles. The summed E-state index contributed by atoms with van der Waals surface area (Å²) in [5.41, 5.74) is 2.77. The van der Waals surface area contributed by atoms with E-state index in [1.807, 2.05) is 41.1 Å². The fourth-order valence-electron chi connectivity index (χ4n) is 2.60. The van der Waals surface area contributed by atoms with E-state index in [1.54, 1.807) is 6.26 Å². The summed E-state index contributed by atoms with van der Waals surface area (Å²) in [7, 11) is 0. The van der Waals surface area contributed by atoms with Gasteiger partial charge in [-0.25, -0.2) is 0 Å². The van der Waals surface area contributed by atoms with Gasteiger partial charge in [-0.1, -0.05) is 18.2 Å². The maximum absolute atomic E-state index is 12.0. The van der Waals surface area contributed by atoms with Crippen LogP contribution in [0.25, 0.3) is 23.2 Å². The van der Waals surface area contributed by atoms with Gasteiger partial charge >= 0.3 is 0 Å². The van der Waals surface area contributed by atoms with Crippen LogP contribution in [-0.4, -0.2) is 10.4 Å². The molecule has 3 heteroatoms. The molecule has 1 aliphatic carbocycles. The summed E-state index contributed by atoms with van der Waals surface area (Å²) in [5.74, 6) is 0.985. The van der Waals surface area contributed by atoms with Crippen LogP contribution in [-0.2, 0) is 0 Å². The minimum atomic E-state index is 0.179. The van der Waals surface area contributed by atoms with Crippen molar-refractivity contribution in [1.29, 1.82) is 0 Å². The quantitative estimate of drug-likeness (QED) is 0.687. The molecule has 0 amide bonds. The van der Waals surface area contributed by atoms with Crippen LogP contribution in [0.15, 0.2) is 30.5 Å². The Morgan fingerprint density at radius 3 is 3.18 bits per heavy atom. The van der Waals surface area contributed by atoms with Gasteiger partial charge in [-0.3, -0.25) is 4.79 Å². The predicted octanol–water partition coefficient (Wildman–Crippen LogP) is 3.06. The molecule has 2 aliphatic rings. The van der Waals surface area contributed by atoms with E-state index in [-0.39, 0.29) is 5.78 Å². The van der Waals surface area contributed by atoms with Gasteiger partial charge in [-0.15, -0.1) is 0 Å². The Bertz CT molecular complexity index is 719. The minimum absolute atomic E-state index is 0.179. The third kappa shape index (κ3) is 0.984. The average Bonchev–Trinajstić information content (AvgIpc) is 2.69. The van der Waals surface area contributed by atoms with Crippen molar-refractivity contribution < 1.29 is 9.53 Å². The number of ketones is 1. The van der Waals surface area contributed by atoms with Gasteiger partial charge in [0.15, 0.2) is 11.5 Å². The Balaban J connectivity index is 2.28. The number of ether oxygens (including phenoxy) is 1. The smallest absolute Gasteiger partial charge is 0.169 e. The fourth-order valence-corrected chi connectivity index (χ4v) is 2.60. The summed E-state index contributed by atoms with van der Waals surface area (Å²) in [6, 6.07) is 5.82. The second-order valence-electron chi connectivity index (χ2n) is 4.22. The van der Waals surface area contributed by atoms with Gasteiger partial charge in [0.05, 0.1) is 16.8 Å². The maximum atomic E-state index is 12.0. The molecule has 0 saturated heterocycles. The summed E-state index contributed by atoms with van der Waals surface area (Å²) in [6.07, 6.45) is 7.92. The molecule has 0 fully saturated rings. The van der Waals surface area contributed by atoms with Crippen molar-refractivity contribution in [1.82, 2.24) is 4.57 Å². The highest BCUT2D eigenvalue weighted by Crippen LogP contribution is 2.38. The molecule has 82 valence electrons. The first kappa shape index (κ1) is 8.82. The van der Waals surface area contributed by atoms with Gasteiger partial charge in [0, 0.05) is 18.0 Å². The van der Waals surface area contributed by atoms with Gasteiger partial charge in [-0.2, -0.15) is 0 Å². The van der Waals surface area contributed by atoms with Gasteiger partial charge < -0.3 is 9.30 Å². The van der Waals surface area contributed by atoms with E-state index in [0.717, 1.165) is 27.9 Å². The molecule has 0 saturated carbocycles. The van der Waals surface area contributed by atoms with Crippen molar-refractivity contribution >= 4 is 29.0 Å². The predicted molar refractivity (Wildman–Crippen MR) is 65.9 cm³/mol. The van der Waals surface area contributed by atoms with Gasteiger partial charge in [-0.05, 0) is 12.1 Å². The van der Waals surface area contributed by atoms with Crippen molar-refractivity contribution in [2.24, 2.45) is 0 Å². The fraction of sp³-hybridized carbons (Fsp3) is 0.0714. The normalized spacial score (nSPS) is 16.1. The summed E-state index contributed by atoms with van der Waals surface area (Å²) in [6.45, 7) is 0. The van der Waals surface area contributed by atoms with Gasteiger partial charge in [0.2, 0.25) is 0 Å². The Hall–Kier alpha value is -2.29. The van der Waals surface area contributed by atoms with Crippen molar-refractivity contribution in [3.63, 3.8) is 0 Å². The Labute approximate surface area is 97.6 Å². The van der Waals surface area contributed by atoms with Crippen molar-refractivity contribution in [3.8, 4) is 5.75 Å². The van der Waals surface area contributed by atoms with Crippen LogP contribution in [0.5, 0.6) is 5.75 Å². The lowest BCUT2D eigenvalue weighted by Gasteiger charge is -2.11. The van der Waals surface area contributed by atoms with E-state index < -0.39 is 0 Å². The molecule has 0 atom stereocenters. The summed E-state index contributed by atoms with van der Waals surface area (Å²) < 4.78 is 7.50. The Kier molecular flexibility index (Phi) is 1.50. The van der Waals surface area contributed by atoms with E-state index in [0.29, 0.717) is 6.42 Å². The first-order valence-electron chi connectivity index (χ1n) is 5.56. The molecule has 0 unspecified atom stereocenters. The van der Waals surface area contributed by atoms with Crippen LogP contribution in [0.4, 0.5) is 0 Å². The standard InChI is InChI=1S/C14H9NO2/c16-11-5-2-4-10-13(11)9-3-1-6-12-14(9)15(10)7-8-17-12/h1-4,6-8H,5H2. The molecule has 17 heavy (non-hydrogen) atoms. The molecule has 2 aromatic rings. The first-order chi connectivity index (χ1) is 8.36. The second-order valence-corrected chi connectivity index (χ2v) is 4.22. The number of fused-ring (bicyclic) bond motifs is 3. The average molecular weight is 223 g/mol. The van der Waals surface area contributed by atoms with Crippen LogP contribution >= 0.6 is 0 Å². The molecular weight excluding hydrogens is 214 g/mol. The number of nitrogens with zero attached hydrogens (tertiary/aromatic N) is 1. The van der Waals surface area contributed by atoms with Crippen LogP contribution in [0, 0.1) is 0 Å². The third-order valence-electron chi connectivity index (χ3n) is 3.29. The Morgan fingerprint density at radius 2 is 2.24 bits per heavy atom. The number of rotatable bonds is 0. The number of Topliss-reactive ketones (excluding diaryl/α,β-unsaturated/α-hetero) is 1. The molecule has 4 rings (SSSR count). The maximum Gasteiger partial charge on any atom is 0.169 e. The number of allylic oxidation sites excluding steroid dienone is 1. The molecule has 0 N–H and O–H groups in total. The largest absolute Gasteiger partial charge is 0.461 e. The highest BCUT2D eigenvalue weighted by atomic mass is 16.5. The zero-order valence-electron chi connectivity index (χ0n) is 9.01.